The topological polar surface area (TPSA) is 87.3 Å². The van der Waals surface area contributed by atoms with Crippen molar-refractivity contribution in [2.24, 2.45) is 5.92 Å². The summed E-state index contributed by atoms with van der Waals surface area (Å²) in [6.07, 6.45) is -5.10. The lowest BCUT2D eigenvalue weighted by atomic mass is 10.1. The number of rotatable bonds is 5. The van der Waals surface area contributed by atoms with E-state index in [0.717, 1.165) is 6.07 Å². The summed E-state index contributed by atoms with van der Waals surface area (Å²) in [7, 11) is 0. The summed E-state index contributed by atoms with van der Waals surface area (Å²) in [5.74, 6) is -7.84. The van der Waals surface area contributed by atoms with E-state index < -0.39 is 57.2 Å². The molecular weight excluding hydrogens is 520 g/mol. The number of nitrogens with one attached hydrogen (secondary N) is 3. The van der Waals surface area contributed by atoms with Gasteiger partial charge in [-0.15, -0.1) is 23.2 Å². The fourth-order valence-corrected chi connectivity index (χ4v) is 3.35. The first-order valence-electron chi connectivity index (χ1n) is 8.86. The predicted molar refractivity (Wildman–Crippen MR) is 112 cm³/mol. The summed E-state index contributed by atoms with van der Waals surface area (Å²) in [4.78, 5) is 35.7. The maximum atomic E-state index is 14.5. The summed E-state index contributed by atoms with van der Waals surface area (Å²) in [6, 6.07) is 4.77. The molecule has 33 heavy (non-hydrogen) atoms. The fraction of sp³-hybridized carbons (Fsp3) is 0.211. The van der Waals surface area contributed by atoms with Gasteiger partial charge in [0.1, 0.15) is 15.8 Å². The Morgan fingerprint density at radius 1 is 1.00 bits per heavy atom. The zero-order valence-corrected chi connectivity index (χ0v) is 18.2. The first-order chi connectivity index (χ1) is 15.2. The Bertz CT molecular complexity index is 1160. The maximum Gasteiger partial charge on any atom is 0.471 e. The molecule has 0 aliphatic heterocycles. The average Bonchev–Trinajstić information content (AvgIpc) is 3.36. The smallest absolute Gasteiger partial charge is 0.326 e. The van der Waals surface area contributed by atoms with Crippen LogP contribution in [0.3, 0.4) is 0 Å². The molecule has 1 atom stereocenters. The van der Waals surface area contributed by atoms with Crippen LogP contribution in [0.4, 0.5) is 39.0 Å². The number of hydrogen-bond donors (Lipinski definition) is 3. The molecule has 0 aromatic heterocycles. The molecule has 0 saturated heterocycles. The van der Waals surface area contributed by atoms with E-state index in [1.54, 1.807) is 0 Å². The van der Waals surface area contributed by atoms with Gasteiger partial charge in [0.2, 0.25) is 5.91 Å². The van der Waals surface area contributed by atoms with Crippen LogP contribution in [0.2, 0.25) is 5.02 Å². The minimum atomic E-state index is -5.32. The molecule has 0 spiro atoms. The Morgan fingerprint density at radius 3 is 2.21 bits per heavy atom. The van der Waals surface area contributed by atoms with E-state index in [2.05, 4.69) is 5.32 Å². The molecule has 0 unspecified atom stereocenters. The molecule has 1 aliphatic carbocycles. The number of carbonyl (C=O) groups excluding carboxylic acids is 3. The fourth-order valence-electron chi connectivity index (χ4n) is 2.64. The average molecular weight is 531 g/mol. The maximum absolute atomic E-state index is 14.5. The summed E-state index contributed by atoms with van der Waals surface area (Å²) in [5, 5.41) is 5.40. The highest BCUT2D eigenvalue weighted by atomic mass is 35.5. The van der Waals surface area contributed by atoms with Crippen LogP contribution in [0.25, 0.3) is 0 Å². The van der Waals surface area contributed by atoms with E-state index in [4.69, 9.17) is 34.8 Å². The van der Waals surface area contributed by atoms with Crippen molar-refractivity contribution in [1.82, 2.24) is 0 Å². The van der Waals surface area contributed by atoms with E-state index in [1.165, 1.54) is 17.4 Å². The van der Waals surface area contributed by atoms with Crippen LogP contribution >= 0.6 is 34.8 Å². The number of anilines is 3. The highest BCUT2D eigenvalue weighted by Crippen LogP contribution is 2.53. The lowest BCUT2D eigenvalue weighted by Crippen LogP contribution is -2.30. The number of hydrogen-bond acceptors (Lipinski definition) is 3. The molecule has 14 heteroatoms. The van der Waals surface area contributed by atoms with E-state index in [9.17, 15) is 36.3 Å². The van der Waals surface area contributed by atoms with Gasteiger partial charge in [-0.25, -0.2) is 8.78 Å². The molecule has 6 nitrogen and oxygen atoms in total. The first-order valence-corrected chi connectivity index (χ1v) is 10.00. The van der Waals surface area contributed by atoms with Crippen molar-refractivity contribution < 1.29 is 36.3 Å². The van der Waals surface area contributed by atoms with Gasteiger partial charge in [0.05, 0.1) is 22.2 Å². The Kier molecular flexibility index (Phi) is 6.79. The third-order valence-corrected chi connectivity index (χ3v) is 5.62. The normalized spacial score (nSPS) is 16.7. The first kappa shape index (κ1) is 25.0. The third-order valence-electron chi connectivity index (χ3n) is 4.46. The van der Waals surface area contributed by atoms with Crippen LogP contribution in [0.1, 0.15) is 16.8 Å². The largest absolute Gasteiger partial charge is 0.471 e. The zero-order chi connectivity index (χ0) is 24.7. The van der Waals surface area contributed by atoms with Crippen LogP contribution < -0.4 is 16.0 Å². The van der Waals surface area contributed by atoms with Gasteiger partial charge in [-0.2, -0.15) is 13.2 Å². The van der Waals surface area contributed by atoms with E-state index >= 15 is 0 Å². The molecule has 1 fully saturated rings. The van der Waals surface area contributed by atoms with E-state index in [1.807, 2.05) is 5.32 Å². The second-order valence-corrected chi connectivity index (χ2v) is 8.84. The molecule has 0 bridgehead atoms. The van der Waals surface area contributed by atoms with Gasteiger partial charge < -0.3 is 16.0 Å². The van der Waals surface area contributed by atoms with Crippen LogP contribution in [-0.2, 0) is 9.59 Å². The summed E-state index contributed by atoms with van der Waals surface area (Å²) >= 11 is 17.6. The molecule has 2 aromatic carbocycles. The van der Waals surface area contributed by atoms with Crippen molar-refractivity contribution in [3.63, 3.8) is 0 Å². The molecule has 3 amide bonds. The minimum absolute atomic E-state index is 0.0951. The second-order valence-electron chi connectivity index (χ2n) is 6.89. The van der Waals surface area contributed by atoms with Crippen molar-refractivity contribution in [3.8, 4) is 0 Å². The van der Waals surface area contributed by atoms with Gasteiger partial charge in [0.25, 0.3) is 5.91 Å². The molecule has 3 N–H and O–H groups in total. The summed E-state index contributed by atoms with van der Waals surface area (Å²) in [5.41, 5.74) is -2.37. The van der Waals surface area contributed by atoms with Crippen molar-refractivity contribution >= 4 is 69.6 Å². The Morgan fingerprint density at radius 2 is 1.64 bits per heavy atom. The van der Waals surface area contributed by atoms with Crippen molar-refractivity contribution in [2.75, 3.05) is 16.0 Å². The van der Waals surface area contributed by atoms with Crippen molar-refractivity contribution in [1.29, 1.82) is 0 Å². The molecule has 1 aliphatic rings. The van der Waals surface area contributed by atoms with Gasteiger partial charge in [-0.05, 0) is 36.8 Å². The zero-order valence-electron chi connectivity index (χ0n) is 15.9. The van der Waals surface area contributed by atoms with Gasteiger partial charge in [-0.1, -0.05) is 11.6 Å². The molecule has 3 rings (SSSR count). The van der Waals surface area contributed by atoms with Gasteiger partial charge in [0, 0.05) is 5.69 Å². The lowest BCUT2D eigenvalue weighted by Gasteiger charge is -2.14. The molecule has 176 valence electrons. The van der Waals surface area contributed by atoms with Gasteiger partial charge >= 0.3 is 12.1 Å². The Hall–Kier alpha value is -2.63. The summed E-state index contributed by atoms with van der Waals surface area (Å²) in [6.45, 7) is 0. The number of amides is 3. The molecule has 2 aromatic rings. The third kappa shape index (κ3) is 5.66. The van der Waals surface area contributed by atoms with Crippen molar-refractivity contribution in [3.05, 3.63) is 52.6 Å². The standard InChI is InChI=1S/C19H11Cl3F5N3O3/c20-10-2-1-7(28-16(32)9-6-18(9,21)22)5-8(10)15(31)30-14-11(23)3-4-12(13(14)24)29-17(33)19(25,26)27/h1-5,9H,6H2,(H,28,32)(H,29,33)(H,30,31)/t9-/m1/s1. The van der Waals surface area contributed by atoms with Crippen LogP contribution in [0.5, 0.6) is 0 Å². The van der Waals surface area contributed by atoms with Crippen LogP contribution in [0, 0.1) is 17.6 Å². The highest BCUT2D eigenvalue weighted by molar-refractivity contribution is 6.52. The monoisotopic (exact) mass is 529 g/mol. The van der Waals surface area contributed by atoms with E-state index in [0.29, 0.717) is 12.1 Å². The second kappa shape index (κ2) is 8.96. The van der Waals surface area contributed by atoms with Gasteiger partial charge in [0.15, 0.2) is 5.82 Å². The predicted octanol–water partition coefficient (Wildman–Crippen LogP) is 5.50. The van der Waals surface area contributed by atoms with Crippen LogP contribution in [0.15, 0.2) is 30.3 Å². The number of alkyl halides is 5. The minimum Gasteiger partial charge on any atom is -0.326 e. The van der Waals surface area contributed by atoms with Gasteiger partial charge in [-0.3, -0.25) is 14.4 Å². The van der Waals surface area contributed by atoms with Crippen molar-refractivity contribution in [2.45, 2.75) is 16.9 Å². The number of carbonyl (C=O) groups is 3. The van der Waals surface area contributed by atoms with E-state index in [-0.39, 0.29) is 22.7 Å². The Labute approximate surface area is 197 Å². The molecule has 0 heterocycles. The molecular formula is C19H11Cl3F5N3O3. The lowest BCUT2D eigenvalue weighted by molar-refractivity contribution is -0.167. The molecule has 1 saturated carbocycles. The molecule has 0 radical (unpaired) electrons. The quantitative estimate of drug-likeness (QED) is 0.352. The summed E-state index contributed by atoms with van der Waals surface area (Å²) < 4.78 is 64.7. The Balaban J connectivity index is 1.82. The number of benzene rings is 2. The highest BCUT2D eigenvalue weighted by Gasteiger charge is 2.56. The SMILES string of the molecule is O=C(Nc1c(F)ccc(NC(=O)C(F)(F)F)c1F)c1cc(NC(=O)[C@H]2CC2(Cl)Cl)ccc1Cl. The number of halogens is 8. The van der Waals surface area contributed by atoms with Crippen LogP contribution in [-0.4, -0.2) is 28.2 Å².